The number of carbonyl (C=O) groups excluding carboxylic acids is 1. The van der Waals surface area contributed by atoms with Crippen molar-refractivity contribution >= 4 is 23.4 Å². The fourth-order valence-corrected chi connectivity index (χ4v) is 1.70. The van der Waals surface area contributed by atoms with Crippen LogP contribution in [0, 0.1) is 0 Å². The Bertz CT molecular complexity index is 352. The second-order valence-electron chi connectivity index (χ2n) is 2.83. The molecule has 0 fully saturated rings. The molecule has 2 N–H and O–H groups in total. The number of rotatable bonds is 5. The van der Waals surface area contributed by atoms with Gasteiger partial charge in [-0.3, -0.25) is 4.79 Å². The van der Waals surface area contributed by atoms with Gasteiger partial charge in [0.25, 0.3) is 0 Å². The van der Waals surface area contributed by atoms with E-state index in [1.165, 1.54) is 11.8 Å². The van der Waals surface area contributed by atoms with Crippen LogP contribution >= 0.6 is 11.8 Å². The van der Waals surface area contributed by atoms with Gasteiger partial charge in [0.05, 0.1) is 5.75 Å². The maximum atomic E-state index is 11.1. The van der Waals surface area contributed by atoms with Crippen LogP contribution in [0.3, 0.4) is 0 Å². The van der Waals surface area contributed by atoms with Gasteiger partial charge >= 0.3 is 5.97 Å². The van der Waals surface area contributed by atoms with E-state index in [4.69, 9.17) is 10.5 Å². The van der Waals surface area contributed by atoms with E-state index in [1.54, 1.807) is 12.1 Å². The highest BCUT2D eigenvalue weighted by Crippen LogP contribution is 2.19. The molecule has 15 heavy (non-hydrogen) atoms. The Labute approximate surface area is 93.3 Å². The van der Waals surface area contributed by atoms with E-state index in [0.29, 0.717) is 5.69 Å². The van der Waals surface area contributed by atoms with Crippen LogP contribution < -0.4 is 5.73 Å². The summed E-state index contributed by atoms with van der Waals surface area (Å²) in [7, 11) is 0. The number of esters is 1. The molecule has 0 unspecified atom stereocenters. The normalized spacial score (nSPS) is 9.60. The highest BCUT2D eigenvalue weighted by atomic mass is 32.2. The van der Waals surface area contributed by atoms with Gasteiger partial charge in [0.1, 0.15) is 6.61 Å². The van der Waals surface area contributed by atoms with Crippen molar-refractivity contribution in [2.24, 2.45) is 0 Å². The number of thioether (sulfide) groups is 1. The molecule has 0 saturated carbocycles. The molecule has 4 heteroatoms. The fourth-order valence-electron chi connectivity index (χ4n) is 0.940. The van der Waals surface area contributed by atoms with E-state index in [1.807, 2.05) is 18.2 Å². The van der Waals surface area contributed by atoms with E-state index < -0.39 is 0 Å². The van der Waals surface area contributed by atoms with Gasteiger partial charge in [-0.25, -0.2) is 0 Å². The Morgan fingerprint density at radius 1 is 1.60 bits per heavy atom. The van der Waals surface area contributed by atoms with Crippen molar-refractivity contribution in [3.05, 3.63) is 36.9 Å². The quantitative estimate of drug-likeness (QED) is 0.359. The van der Waals surface area contributed by atoms with Crippen molar-refractivity contribution in [3.63, 3.8) is 0 Å². The van der Waals surface area contributed by atoms with Gasteiger partial charge in [-0.15, -0.1) is 11.8 Å². The van der Waals surface area contributed by atoms with Crippen LogP contribution in [0.4, 0.5) is 5.69 Å². The van der Waals surface area contributed by atoms with Crippen molar-refractivity contribution in [2.75, 3.05) is 18.1 Å². The first-order chi connectivity index (χ1) is 7.22. The molecule has 0 aliphatic carbocycles. The first-order valence-corrected chi connectivity index (χ1v) is 5.46. The van der Waals surface area contributed by atoms with E-state index in [-0.39, 0.29) is 18.3 Å². The maximum Gasteiger partial charge on any atom is 0.316 e. The monoisotopic (exact) mass is 223 g/mol. The lowest BCUT2D eigenvalue weighted by Gasteiger charge is -2.02. The summed E-state index contributed by atoms with van der Waals surface area (Å²) in [5.74, 6) is 0.0411. The molecule has 3 nitrogen and oxygen atoms in total. The third-order valence-electron chi connectivity index (χ3n) is 1.58. The third-order valence-corrected chi connectivity index (χ3v) is 2.54. The Balaban J connectivity index is 2.36. The van der Waals surface area contributed by atoms with Gasteiger partial charge in [-0.2, -0.15) is 0 Å². The number of benzene rings is 1. The summed E-state index contributed by atoms with van der Waals surface area (Å²) >= 11 is 1.40. The van der Waals surface area contributed by atoms with Crippen LogP contribution in [-0.4, -0.2) is 18.3 Å². The predicted molar refractivity (Wildman–Crippen MR) is 62.7 cm³/mol. The summed E-state index contributed by atoms with van der Waals surface area (Å²) in [4.78, 5) is 12.1. The van der Waals surface area contributed by atoms with Crippen molar-refractivity contribution in [3.8, 4) is 0 Å². The first-order valence-electron chi connectivity index (χ1n) is 4.47. The summed E-state index contributed by atoms with van der Waals surface area (Å²) in [5.41, 5.74) is 6.30. The Hall–Kier alpha value is -1.42. The molecule has 0 saturated heterocycles. The molecule has 0 heterocycles. The minimum absolute atomic E-state index is 0.248. The molecule has 0 atom stereocenters. The highest BCUT2D eigenvalue weighted by Gasteiger charge is 2.03. The second-order valence-corrected chi connectivity index (χ2v) is 3.88. The SMILES string of the molecule is C=CCOC(=O)CSc1cccc(N)c1. The minimum atomic E-state index is -0.248. The van der Waals surface area contributed by atoms with E-state index in [2.05, 4.69) is 6.58 Å². The minimum Gasteiger partial charge on any atom is -0.461 e. The average molecular weight is 223 g/mol. The number of hydrogen-bond donors (Lipinski definition) is 1. The molecule has 0 bridgehead atoms. The Kier molecular flexibility index (Phi) is 4.77. The number of nitrogen functional groups attached to an aromatic ring is 1. The first kappa shape index (κ1) is 11.7. The zero-order valence-electron chi connectivity index (χ0n) is 8.31. The van der Waals surface area contributed by atoms with Crippen molar-refractivity contribution < 1.29 is 9.53 Å². The molecular formula is C11H13NO2S. The Morgan fingerprint density at radius 2 is 2.40 bits per heavy atom. The number of carbonyl (C=O) groups is 1. The number of nitrogens with two attached hydrogens (primary N) is 1. The lowest BCUT2D eigenvalue weighted by Crippen LogP contribution is -2.06. The van der Waals surface area contributed by atoms with Gasteiger partial charge in [0.2, 0.25) is 0 Å². The van der Waals surface area contributed by atoms with Crippen LogP contribution in [-0.2, 0) is 9.53 Å². The molecule has 0 aliphatic rings. The average Bonchev–Trinajstić information content (AvgIpc) is 2.23. The number of anilines is 1. The molecule has 80 valence electrons. The summed E-state index contributed by atoms with van der Waals surface area (Å²) < 4.78 is 4.83. The van der Waals surface area contributed by atoms with Crippen LogP contribution in [0.15, 0.2) is 41.8 Å². The zero-order valence-corrected chi connectivity index (χ0v) is 9.13. The maximum absolute atomic E-state index is 11.1. The lowest BCUT2D eigenvalue weighted by atomic mass is 10.3. The standard InChI is InChI=1S/C11H13NO2S/c1-2-6-14-11(13)8-15-10-5-3-4-9(12)7-10/h2-5,7H,1,6,8,12H2. The van der Waals surface area contributed by atoms with Crippen LogP contribution in [0.25, 0.3) is 0 Å². The van der Waals surface area contributed by atoms with Crippen molar-refractivity contribution in [1.82, 2.24) is 0 Å². The van der Waals surface area contributed by atoms with Crippen molar-refractivity contribution in [2.45, 2.75) is 4.90 Å². The van der Waals surface area contributed by atoms with E-state index in [0.717, 1.165) is 4.90 Å². The third kappa shape index (κ3) is 4.56. The van der Waals surface area contributed by atoms with Crippen molar-refractivity contribution in [1.29, 1.82) is 0 Å². The molecule has 1 aromatic rings. The smallest absolute Gasteiger partial charge is 0.316 e. The van der Waals surface area contributed by atoms with Crippen LogP contribution in [0.1, 0.15) is 0 Å². The second kappa shape index (κ2) is 6.14. The van der Waals surface area contributed by atoms with Crippen LogP contribution in [0.2, 0.25) is 0 Å². The van der Waals surface area contributed by atoms with Gasteiger partial charge in [0, 0.05) is 10.6 Å². The predicted octanol–water partition coefficient (Wildman–Crippen LogP) is 2.09. The number of ether oxygens (including phenoxy) is 1. The number of hydrogen-bond acceptors (Lipinski definition) is 4. The molecule has 1 rings (SSSR count). The largest absolute Gasteiger partial charge is 0.461 e. The van der Waals surface area contributed by atoms with Gasteiger partial charge in [-0.1, -0.05) is 18.7 Å². The molecule has 1 aromatic carbocycles. The molecule has 0 spiro atoms. The molecule has 0 radical (unpaired) electrons. The lowest BCUT2D eigenvalue weighted by molar-refractivity contribution is -0.139. The zero-order chi connectivity index (χ0) is 11.1. The van der Waals surface area contributed by atoms with E-state index >= 15 is 0 Å². The van der Waals surface area contributed by atoms with Gasteiger partial charge in [0.15, 0.2) is 0 Å². The van der Waals surface area contributed by atoms with E-state index in [9.17, 15) is 4.79 Å². The molecular weight excluding hydrogens is 210 g/mol. The fraction of sp³-hybridized carbons (Fsp3) is 0.182. The Morgan fingerprint density at radius 3 is 3.07 bits per heavy atom. The molecule has 0 aliphatic heterocycles. The summed E-state index contributed by atoms with van der Waals surface area (Å²) in [6.45, 7) is 3.72. The molecule has 0 aromatic heterocycles. The van der Waals surface area contributed by atoms with Crippen LogP contribution in [0.5, 0.6) is 0 Å². The van der Waals surface area contributed by atoms with Gasteiger partial charge in [-0.05, 0) is 18.2 Å². The molecule has 0 amide bonds. The topological polar surface area (TPSA) is 52.3 Å². The summed E-state index contributed by atoms with van der Waals surface area (Å²) in [5, 5.41) is 0. The summed E-state index contributed by atoms with van der Waals surface area (Å²) in [6.07, 6.45) is 1.54. The summed E-state index contributed by atoms with van der Waals surface area (Å²) in [6, 6.07) is 7.39. The highest BCUT2D eigenvalue weighted by molar-refractivity contribution is 8.00. The van der Waals surface area contributed by atoms with Gasteiger partial charge < -0.3 is 10.5 Å².